The zero-order chi connectivity index (χ0) is 22.8. The van der Waals surface area contributed by atoms with Gasteiger partial charge in [-0.3, -0.25) is 9.78 Å². The number of nitrogens with zero attached hydrogens (tertiary/aromatic N) is 2. The highest BCUT2D eigenvalue weighted by molar-refractivity contribution is 6.31. The number of halogens is 1. The number of aromatic nitrogens is 1. The molecule has 1 heterocycles. The molecule has 3 rings (SSSR count). The molecule has 31 heavy (non-hydrogen) atoms. The van der Waals surface area contributed by atoms with E-state index >= 15 is 0 Å². The van der Waals surface area contributed by atoms with Gasteiger partial charge in [-0.15, -0.1) is 0 Å². The lowest BCUT2D eigenvalue weighted by Gasteiger charge is -2.63. The number of hydrogen-bond donors (Lipinski definition) is 1. The number of carbonyl (C=O) groups is 2. The van der Waals surface area contributed by atoms with Gasteiger partial charge in [0.1, 0.15) is 24.2 Å². The molecule has 6 nitrogen and oxygen atoms in total. The predicted molar refractivity (Wildman–Crippen MR) is 118 cm³/mol. The fourth-order valence-corrected chi connectivity index (χ4v) is 4.94. The van der Waals surface area contributed by atoms with Crippen molar-refractivity contribution in [1.29, 1.82) is 5.26 Å². The zero-order valence-electron chi connectivity index (χ0n) is 18.1. The third-order valence-corrected chi connectivity index (χ3v) is 6.35. The summed E-state index contributed by atoms with van der Waals surface area (Å²) in [7, 11) is 0. The molecule has 0 radical (unpaired) electrons. The number of rotatable bonds is 7. The Kier molecular flexibility index (Phi) is 6.38. The average molecular weight is 440 g/mol. The first-order valence-corrected chi connectivity index (χ1v) is 10.5. The summed E-state index contributed by atoms with van der Waals surface area (Å²) in [5, 5.41) is 12.5. The van der Waals surface area contributed by atoms with E-state index in [9.17, 15) is 9.59 Å². The van der Waals surface area contributed by atoms with Gasteiger partial charge in [-0.1, -0.05) is 39.3 Å². The van der Waals surface area contributed by atoms with Gasteiger partial charge >= 0.3 is 0 Å². The number of nitriles is 1. The molecule has 0 atom stereocenters. The van der Waals surface area contributed by atoms with Gasteiger partial charge in [0.25, 0.3) is 5.91 Å². The Morgan fingerprint density at radius 1 is 1.26 bits per heavy atom. The zero-order valence-corrected chi connectivity index (χ0v) is 18.9. The Balaban J connectivity index is 1.70. The van der Waals surface area contributed by atoms with Crippen LogP contribution in [0.2, 0.25) is 5.02 Å². The van der Waals surface area contributed by atoms with Gasteiger partial charge in [0.2, 0.25) is 0 Å². The van der Waals surface area contributed by atoms with Crippen molar-refractivity contribution in [3.8, 4) is 11.8 Å². The molecule has 2 aromatic rings. The minimum atomic E-state index is -0.336. The van der Waals surface area contributed by atoms with Gasteiger partial charge in [0.15, 0.2) is 0 Å². The van der Waals surface area contributed by atoms with Crippen molar-refractivity contribution in [1.82, 2.24) is 10.3 Å². The molecule has 1 aliphatic carbocycles. The molecular weight excluding hydrogens is 414 g/mol. The Bertz CT molecular complexity index is 1010. The van der Waals surface area contributed by atoms with Gasteiger partial charge < -0.3 is 14.8 Å². The van der Waals surface area contributed by atoms with Crippen molar-refractivity contribution in [3.05, 3.63) is 58.4 Å². The van der Waals surface area contributed by atoms with Crippen LogP contribution >= 0.6 is 11.6 Å². The predicted octanol–water partition coefficient (Wildman–Crippen LogP) is 4.35. The fraction of sp³-hybridized carbons (Fsp3) is 0.417. The van der Waals surface area contributed by atoms with Crippen LogP contribution in [0, 0.1) is 22.2 Å². The molecule has 1 N–H and O–H groups in total. The summed E-state index contributed by atoms with van der Waals surface area (Å²) < 4.78 is 6.25. The molecule has 0 bridgehead atoms. The summed E-state index contributed by atoms with van der Waals surface area (Å²) in [6.45, 7) is 8.22. The van der Waals surface area contributed by atoms with Crippen LogP contribution in [0.25, 0.3) is 0 Å². The minimum absolute atomic E-state index is 0.124. The summed E-state index contributed by atoms with van der Waals surface area (Å²) in [4.78, 5) is 27.6. The van der Waals surface area contributed by atoms with Gasteiger partial charge in [-0.05, 0) is 30.7 Å². The molecule has 1 fully saturated rings. The Labute approximate surface area is 187 Å². The summed E-state index contributed by atoms with van der Waals surface area (Å²) in [5.74, 6) is 0.399. The van der Waals surface area contributed by atoms with E-state index in [0.29, 0.717) is 34.7 Å². The third kappa shape index (κ3) is 4.42. The van der Waals surface area contributed by atoms with Crippen LogP contribution in [0.15, 0.2) is 36.5 Å². The Hall–Kier alpha value is -2.91. The van der Waals surface area contributed by atoms with Crippen LogP contribution in [0.4, 0.5) is 0 Å². The first kappa shape index (κ1) is 22.8. The second-order valence-corrected chi connectivity index (χ2v) is 9.45. The van der Waals surface area contributed by atoms with Crippen LogP contribution in [-0.4, -0.2) is 29.3 Å². The summed E-state index contributed by atoms with van der Waals surface area (Å²) in [6.07, 6.45) is 3.20. The van der Waals surface area contributed by atoms with E-state index in [2.05, 4.69) is 38.0 Å². The van der Waals surface area contributed by atoms with E-state index in [4.69, 9.17) is 21.6 Å². The standard InChI is InChI=1S/C24H26ClN3O3/c1-23(2)21(28-20(30)16-7-9-17(27-14-16)6-5-11-29)24(3,4)22(23)31-18-10-8-15(13-26)19(25)12-18/h7-12,14,21-22H,5-6H2,1-4H3,(H,28,30). The van der Waals surface area contributed by atoms with Crippen LogP contribution in [0.1, 0.15) is 55.7 Å². The molecule has 0 saturated heterocycles. The third-order valence-electron chi connectivity index (χ3n) is 6.04. The van der Waals surface area contributed by atoms with Gasteiger partial charge in [0.05, 0.1) is 16.1 Å². The van der Waals surface area contributed by atoms with Gasteiger partial charge in [0, 0.05) is 41.2 Å². The van der Waals surface area contributed by atoms with Crippen molar-refractivity contribution in [2.45, 2.75) is 52.7 Å². The number of pyridine rings is 1. The monoisotopic (exact) mass is 439 g/mol. The number of benzene rings is 1. The average Bonchev–Trinajstić information content (AvgIpc) is 2.74. The number of hydrogen-bond acceptors (Lipinski definition) is 5. The van der Waals surface area contributed by atoms with Crippen molar-refractivity contribution in [3.63, 3.8) is 0 Å². The summed E-state index contributed by atoms with van der Waals surface area (Å²) >= 11 is 6.14. The van der Waals surface area contributed by atoms with Crippen LogP contribution in [0.5, 0.6) is 5.75 Å². The van der Waals surface area contributed by atoms with E-state index in [1.807, 2.05) is 6.07 Å². The smallest absolute Gasteiger partial charge is 0.253 e. The Morgan fingerprint density at radius 3 is 2.52 bits per heavy atom. The van der Waals surface area contributed by atoms with Gasteiger partial charge in [-0.25, -0.2) is 0 Å². The number of aryl methyl sites for hydroxylation is 1. The summed E-state index contributed by atoms with van der Waals surface area (Å²) in [5.41, 5.74) is 0.984. The molecule has 7 heteroatoms. The molecule has 1 aromatic heterocycles. The maximum Gasteiger partial charge on any atom is 0.253 e. The maximum atomic E-state index is 12.8. The van der Waals surface area contributed by atoms with Gasteiger partial charge in [-0.2, -0.15) is 5.26 Å². The molecule has 1 saturated carbocycles. The lowest BCUT2D eigenvalue weighted by Crippen LogP contribution is -2.74. The topological polar surface area (TPSA) is 92.1 Å². The van der Waals surface area contributed by atoms with Crippen LogP contribution in [-0.2, 0) is 11.2 Å². The van der Waals surface area contributed by atoms with E-state index < -0.39 is 0 Å². The maximum absolute atomic E-state index is 12.8. The molecule has 0 spiro atoms. The molecule has 1 aromatic carbocycles. The SMILES string of the molecule is CC1(C)C(NC(=O)c2ccc(CCC=O)nc2)C(C)(C)C1Oc1ccc(C#N)c(Cl)c1. The molecular formula is C24H26ClN3O3. The lowest BCUT2D eigenvalue weighted by atomic mass is 9.49. The Morgan fingerprint density at radius 2 is 1.97 bits per heavy atom. The highest BCUT2D eigenvalue weighted by atomic mass is 35.5. The largest absolute Gasteiger partial charge is 0.489 e. The molecule has 1 amide bonds. The summed E-state index contributed by atoms with van der Waals surface area (Å²) in [6, 6.07) is 10.4. The number of aldehydes is 1. The van der Waals surface area contributed by atoms with E-state index in [1.54, 1.807) is 36.5 Å². The first-order chi connectivity index (χ1) is 14.6. The van der Waals surface area contributed by atoms with Crippen molar-refractivity contribution in [2.24, 2.45) is 10.8 Å². The minimum Gasteiger partial charge on any atom is -0.489 e. The first-order valence-electron chi connectivity index (χ1n) is 10.2. The van der Waals surface area contributed by atoms with Crippen molar-refractivity contribution < 1.29 is 14.3 Å². The normalized spacial score (nSPS) is 20.8. The number of nitrogens with one attached hydrogen (secondary N) is 1. The van der Waals surface area contributed by atoms with Crippen molar-refractivity contribution >= 4 is 23.8 Å². The van der Waals surface area contributed by atoms with Crippen LogP contribution in [0.3, 0.4) is 0 Å². The van der Waals surface area contributed by atoms with E-state index in [1.165, 1.54) is 0 Å². The van der Waals surface area contributed by atoms with Crippen LogP contribution < -0.4 is 10.1 Å². The molecule has 162 valence electrons. The highest BCUT2D eigenvalue weighted by Crippen LogP contribution is 2.55. The second kappa shape index (κ2) is 8.68. The molecule has 1 aliphatic rings. The number of ether oxygens (including phenoxy) is 1. The van der Waals surface area contributed by atoms with E-state index in [-0.39, 0.29) is 28.9 Å². The fourth-order valence-electron chi connectivity index (χ4n) is 4.72. The quantitative estimate of drug-likeness (QED) is 0.647. The highest BCUT2D eigenvalue weighted by Gasteiger charge is 2.64. The number of carbonyl (C=O) groups excluding carboxylic acids is 2. The van der Waals surface area contributed by atoms with E-state index in [0.717, 1.165) is 12.0 Å². The number of amides is 1. The second-order valence-electron chi connectivity index (χ2n) is 9.04. The molecule has 0 unspecified atom stereocenters. The lowest BCUT2D eigenvalue weighted by molar-refractivity contribution is -0.164. The van der Waals surface area contributed by atoms with Crippen molar-refractivity contribution in [2.75, 3.05) is 0 Å². The molecule has 0 aliphatic heterocycles.